The fourth-order valence-corrected chi connectivity index (χ4v) is 2.46. The topological polar surface area (TPSA) is 4.93 Å². The smallest absolute Gasteiger partial charge is 0.0483 e. The van der Waals surface area contributed by atoms with E-state index in [1.807, 2.05) is 0 Å². The van der Waals surface area contributed by atoms with Crippen molar-refractivity contribution in [1.29, 1.82) is 0 Å². The largest absolute Gasteiger partial charge is 0.347 e. The lowest BCUT2D eigenvalue weighted by Crippen LogP contribution is -2.06. The number of rotatable bonds is 4. The summed E-state index contributed by atoms with van der Waals surface area (Å²) in [5.41, 5.74) is 2.75. The SMILES string of the molecule is CCCC(C)Cn1ccc2c(C)cccc21. The molecule has 0 saturated heterocycles. The molecule has 0 bridgehead atoms. The van der Waals surface area contributed by atoms with Crippen LogP contribution < -0.4 is 0 Å². The highest BCUT2D eigenvalue weighted by molar-refractivity contribution is 5.83. The maximum Gasteiger partial charge on any atom is 0.0483 e. The quantitative estimate of drug-likeness (QED) is 0.713. The number of aromatic nitrogens is 1. The molecule has 86 valence electrons. The van der Waals surface area contributed by atoms with Crippen LogP contribution >= 0.6 is 0 Å². The molecule has 1 heterocycles. The third-order valence-electron chi connectivity index (χ3n) is 3.32. The Kier molecular flexibility index (Phi) is 3.33. The Morgan fingerprint density at radius 3 is 2.81 bits per heavy atom. The highest BCUT2D eigenvalue weighted by Gasteiger charge is 2.06. The third kappa shape index (κ3) is 2.13. The zero-order valence-corrected chi connectivity index (χ0v) is 10.5. The summed E-state index contributed by atoms with van der Waals surface area (Å²) in [6.45, 7) is 7.92. The van der Waals surface area contributed by atoms with Gasteiger partial charge >= 0.3 is 0 Å². The summed E-state index contributed by atoms with van der Waals surface area (Å²) in [7, 11) is 0. The number of benzene rings is 1. The van der Waals surface area contributed by atoms with Gasteiger partial charge in [0.15, 0.2) is 0 Å². The lowest BCUT2D eigenvalue weighted by Gasteiger charge is -2.12. The number of hydrogen-bond acceptors (Lipinski definition) is 0. The van der Waals surface area contributed by atoms with Gasteiger partial charge in [-0.2, -0.15) is 0 Å². The van der Waals surface area contributed by atoms with E-state index in [1.54, 1.807) is 0 Å². The minimum Gasteiger partial charge on any atom is -0.347 e. The molecule has 0 aliphatic heterocycles. The normalized spacial score (nSPS) is 13.2. The minimum absolute atomic E-state index is 0.765. The monoisotopic (exact) mass is 215 g/mol. The van der Waals surface area contributed by atoms with E-state index in [2.05, 4.69) is 55.8 Å². The maximum atomic E-state index is 2.39. The fourth-order valence-electron chi connectivity index (χ4n) is 2.46. The van der Waals surface area contributed by atoms with Crippen molar-refractivity contribution in [2.75, 3.05) is 0 Å². The molecular formula is C15H21N. The van der Waals surface area contributed by atoms with Crippen molar-refractivity contribution in [1.82, 2.24) is 4.57 Å². The third-order valence-corrected chi connectivity index (χ3v) is 3.32. The van der Waals surface area contributed by atoms with Gasteiger partial charge in [0.2, 0.25) is 0 Å². The molecule has 1 heteroatoms. The molecule has 1 nitrogen and oxygen atoms in total. The van der Waals surface area contributed by atoms with E-state index in [9.17, 15) is 0 Å². The number of hydrogen-bond donors (Lipinski definition) is 0. The molecule has 0 saturated carbocycles. The Balaban J connectivity index is 2.28. The molecule has 16 heavy (non-hydrogen) atoms. The second kappa shape index (κ2) is 4.73. The molecule has 0 N–H and O–H groups in total. The fraction of sp³-hybridized carbons (Fsp3) is 0.467. The van der Waals surface area contributed by atoms with E-state index in [1.165, 1.54) is 29.3 Å². The van der Waals surface area contributed by atoms with Gasteiger partial charge in [-0.1, -0.05) is 32.4 Å². The van der Waals surface area contributed by atoms with E-state index in [0.29, 0.717) is 0 Å². The second-order valence-electron chi connectivity index (χ2n) is 4.87. The first kappa shape index (κ1) is 11.3. The van der Waals surface area contributed by atoms with E-state index in [0.717, 1.165) is 12.5 Å². The van der Waals surface area contributed by atoms with Crippen LogP contribution in [-0.4, -0.2) is 4.57 Å². The van der Waals surface area contributed by atoms with Gasteiger partial charge in [0.25, 0.3) is 0 Å². The van der Waals surface area contributed by atoms with Crippen molar-refractivity contribution in [3.05, 3.63) is 36.0 Å². The van der Waals surface area contributed by atoms with Gasteiger partial charge in [-0.25, -0.2) is 0 Å². The molecule has 1 unspecified atom stereocenters. The molecule has 2 aromatic rings. The van der Waals surface area contributed by atoms with Crippen molar-refractivity contribution in [2.24, 2.45) is 5.92 Å². The predicted octanol–water partition coefficient (Wildman–Crippen LogP) is 4.39. The van der Waals surface area contributed by atoms with Crippen molar-refractivity contribution >= 4 is 10.9 Å². The Hall–Kier alpha value is -1.24. The van der Waals surface area contributed by atoms with Gasteiger partial charge in [0.1, 0.15) is 0 Å². The molecule has 1 aromatic carbocycles. The average molecular weight is 215 g/mol. The molecule has 0 amide bonds. The first-order chi connectivity index (χ1) is 7.72. The lowest BCUT2D eigenvalue weighted by molar-refractivity contribution is 0.453. The van der Waals surface area contributed by atoms with Gasteiger partial charge in [0.05, 0.1) is 0 Å². The number of nitrogens with zero attached hydrogens (tertiary/aromatic N) is 1. The summed E-state index contributed by atoms with van der Waals surface area (Å²) in [5, 5.41) is 1.39. The molecule has 1 atom stereocenters. The van der Waals surface area contributed by atoms with E-state index in [-0.39, 0.29) is 0 Å². The van der Waals surface area contributed by atoms with Gasteiger partial charge in [0, 0.05) is 23.6 Å². The summed E-state index contributed by atoms with van der Waals surface area (Å²) in [4.78, 5) is 0. The highest BCUT2D eigenvalue weighted by Crippen LogP contribution is 2.21. The molecule has 1 aromatic heterocycles. The molecule has 0 fully saturated rings. The molecule has 2 rings (SSSR count). The summed E-state index contributed by atoms with van der Waals surface area (Å²) in [6, 6.07) is 8.80. The second-order valence-corrected chi connectivity index (χ2v) is 4.87. The van der Waals surface area contributed by atoms with E-state index in [4.69, 9.17) is 0 Å². The predicted molar refractivity (Wildman–Crippen MR) is 70.7 cm³/mol. The first-order valence-electron chi connectivity index (χ1n) is 6.27. The van der Waals surface area contributed by atoms with Crippen LogP contribution in [0, 0.1) is 12.8 Å². The molecule has 0 radical (unpaired) electrons. The van der Waals surface area contributed by atoms with Crippen LogP contribution in [0.15, 0.2) is 30.5 Å². The summed E-state index contributed by atoms with van der Waals surface area (Å²) in [5.74, 6) is 0.765. The number of fused-ring (bicyclic) bond motifs is 1. The van der Waals surface area contributed by atoms with Crippen molar-refractivity contribution in [2.45, 2.75) is 40.2 Å². The molecule has 0 aliphatic rings. The standard InChI is InChI=1S/C15H21N/c1-4-6-12(2)11-16-10-9-14-13(3)7-5-8-15(14)16/h5,7-10,12H,4,6,11H2,1-3H3. The van der Waals surface area contributed by atoms with E-state index >= 15 is 0 Å². The average Bonchev–Trinajstić information content (AvgIpc) is 2.64. The van der Waals surface area contributed by atoms with Crippen LogP contribution in [0.3, 0.4) is 0 Å². The lowest BCUT2D eigenvalue weighted by atomic mass is 10.1. The van der Waals surface area contributed by atoms with Crippen LogP contribution in [0.25, 0.3) is 10.9 Å². The Morgan fingerprint density at radius 1 is 1.25 bits per heavy atom. The van der Waals surface area contributed by atoms with Crippen LogP contribution in [0.5, 0.6) is 0 Å². The Morgan fingerprint density at radius 2 is 2.06 bits per heavy atom. The zero-order valence-electron chi connectivity index (χ0n) is 10.5. The Bertz CT molecular complexity index is 467. The zero-order chi connectivity index (χ0) is 11.5. The minimum atomic E-state index is 0.765. The molecular weight excluding hydrogens is 194 g/mol. The van der Waals surface area contributed by atoms with Gasteiger partial charge in [-0.05, 0) is 37.0 Å². The summed E-state index contributed by atoms with van der Waals surface area (Å²) >= 11 is 0. The molecule has 0 spiro atoms. The first-order valence-corrected chi connectivity index (χ1v) is 6.27. The van der Waals surface area contributed by atoms with Crippen molar-refractivity contribution < 1.29 is 0 Å². The van der Waals surface area contributed by atoms with Crippen LogP contribution in [-0.2, 0) is 6.54 Å². The van der Waals surface area contributed by atoms with Crippen LogP contribution in [0.4, 0.5) is 0 Å². The van der Waals surface area contributed by atoms with Crippen molar-refractivity contribution in [3.63, 3.8) is 0 Å². The Labute approximate surface area is 98.1 Å². The van der Waals surface area contributed by atoms with Gasteiger partial charge < -0.3 is 4.57 Å². The van der Waals surface area contributed by atoms with E-state index < -0.39 is 0 Å². The summed E-state index contributed by atoms with van der Waals surface area (Å²) < 4.78 is 2.39. The highest BCUT2D eigenvalue weighted by atomic mass is 15.0. The van der Waals surface area contributed by atoms with Gasteiger partial charge in [-0.3, -0.25) is 0 Å². The van der Waals surface area contributed by atoms with Crippen LogP contribution in [0.2, 0.25) is 0 Å². The maximum absolute atomic E-state index is 2.39. The number of aryl methyl sites for hydroxylation is 1. The van der Waals surface area contributed by atoms with Crippen LogP contribution in [0.1, 0.15) is 32.3 Å². The summed E-state index contributed by atoms with van der Waals surface area (Å²) in [6.07, 6.45) is 4.81. The molecule has 0 aliphatic carbocycles. The van der Waals surface area contributed by atoms with Gasteiger partial charge in [-0.15, -0.1) is 0 Å². The van der Waals surface area contributed by atoms with Crippen molar-refractivity contribution in [3.8, 4) is 0 Å².